The van der Waals surface area contributed by atoms with E-state index in [2.05, 4.69) is 10.6 Å². The Morgan fingerprint density at radius 1 is 1.04 bits per heavy atom. The summed E-state index contributed by atoms with van der Waals surface area (Å²) in [6.07, 6.45) is -0.841. The lowest BCUT2D eigenvalue weighted by atomic mass is 10.0. The zero-order chi connectivity index (χ0) is 19.7. The maximum atomic E-state index is 12.4. The lowest BCUT2D eigenvalue weighted by Crippen LogP contribution is -2.52. The molecule has 1 unspecified atom stereocenters. The fraction of sp³-hybridized carbons (Fsp3) is 0.579. The molecule has 0 bridgehead atoms. The molecule has 2 N–H and O–H groups in total. The normalized spacial score (nSPS) is 13.4. The SMILES string of the molecule is CC(COCc1ccc(Cl)cc1)NC(=O)[C@@H](NC(=O)OC(C)C)C(C)C. The minimum absolute atomic E-state index is 0.0723. The number of hydrogen-bond acceptors (Lipinski definition) is 4. The van der Waals surface area contributed by atoms with Crippen LogP contribution in [0, 0.1) is 5.92 Å². The first-order valence-electron chi connectivity index (χ1n) is 8.78. The van der Waals surface area contributed by atoms with Crippen molar-refractivity contribution in [3.63, 3.8) is 0 Å². The molecule has 2 atom stereocenters. The summed E-state index contributed by atoms with van der Waals surface area (Å²) in [5, 5.41) is 6.15. The van der Waals surface area contributed by atoms with E-state index in [1.807, 2.05) is 32.9 Å². The van der Waals surface area contributed by atoms with Gasteiger partial charge in [0.25, 0.3) is 0 Å². The Bertz CT molecular complexity index is 575. The Labute approximate surface area is 160 Å². The van der Waals surface area contributed by atoms with Gasteiger partial charge in [0.15, 0.2) is 0 Å². The van der Waals surface area contributed by atoms with E-state index in [1.165, 1.54) is 0 Å². The molecule has 0 spiro atoms. The molecule has 1 aromatic rings. The van der Waals surface area contributed by atoms with E-state index >= 15 is 0 Å². The molecule has 26 heavy (non-hydrogen) atoms. The fourth-order valence-electron chi connectivity index (χ4n) is 2.22. The number of rotatable bonds is 9. The van der Waals surface area contributed by atoms with Crippen molar-refractivity contribution in [2.24, 2.45) is 5.92 Å². The molecule has 1 aromatic carbocycles. The second-order valence-corrected chi connectivity index (χ2v) is 7.31. The van der Waals surface area contributed by atoms with Crippen molar-refractivity contribution >= 4 is 23.6 Å². The van der Waals surface area contributed by atoms with Crippen molar-refractivity contribution in [3.8, 4) is 0 Å². The number of carbonyl (C=O) groups is 2. The molecule has 0 aliphatic carbocycles. The number of hydrogen-bond donors (Lipinski definition) is 2. The summed E-state index contributed by atoms with van der Waals surface area (Å²) in [6.45, 7) is 9.88. The van der Waals surface area contributed by atoms with Crippen LogP contribution in [0.25, 0.3) is 0 Å². The van der Waals surface area contributed by atoms with Crippen molar-refractivity contribution in [1.29, 1.82) is 0 Å². The first-order valence-corrected chi connectivity index (χ1v) is 9.16. The van der Waals surface area contributed by atoms with Gasteiger partial charge in [-0.1, -0.05) is 37.6 Å². The third-order valence-corrected chi connectivity index (χ3v) is 3.76. The van der Waals surface area contributed by atoms with Crippen molar-refractivity contribution < 1.29 is 19.1 Å². The first-order chi connectivity index (χ1) is 12.2. The highest BCUT2D eigenvalue weighted by Gasteiger charge is 2.26. The first kappa shape index (κ1) is 22.3. The zero-order valence-corrected chi connectivity index (χ0v) is 16.8. The molecule has 7 heteroatoms. The van der Waals surface area contributed by atoms with Crippen LogP contribution in [-0.2, 0) is 20.9 Å². The monoisotopic (exact) mass is 384 g/mol. The van der Waals surface area contributed by atoms with Crippen molar-refractivity contribution in [2.75, 3.05) is 6.61 Å². The van der Waals surface area contributed by atoms with Crippen molar-refractivity contribution in [2.45, 2.75) is 59.4 Å². The summed E-state index contributed by atoms with van der Waals surface area (Å²) in [5.74, 6) is -0.333. The molecule has 146 valence electrons. The minimum atomic E-state index is -0.667. The van der Waals surface area contributed by atoms with E-state index in [4.69, 9.17) is 21.1 Å². The summed E-state index contributed by atoms with van der Waals surface area (Å²) < 4.78 is 10.7. The predicted molar refractivity (Wildman–Crippen MR) is 102 cm³/mol. The van der Waals surface area contributed by atoms with Crippen LogP contribution >= 0.6 is 11.6 Å². The minimum Gasteiger partial charge on any atom is -0.447 e. The van der Waals surface area contributed by atoms with Crippen LogP contribution in [0.3, 0.4) is 0 Å². The van der Waals surface area contributed by atoms with Gasteiger partial charge in [-0.2, -0.15) is 0 Å². The molecule has 0 fully saturated rings. The van der Waals surface area contributed by atoms with E-state index < -0.39 is 12.1 Å². The van der Waals surface area contributed by atoms with Crippen LogP contribution in [-0.4, -0.2) is 36.8 Å². The second kappa shape index (κ2) is 11.0. The number of nitrogens with one attached hydrogen (secondary N) is 2. The second-order valence-electron chi connectivity index (χ2n) is 6.87. The van der Waals surface area contributed by atoms with Gasteiger partial charge >= 0.3 is 6.09 Å². The Morgan fingerprint density at radius 3 is 2.19 bits per heavy atom. The fourth-order valence-corrected chi connectivity index (χ4v) is 2.34. The molecule has 6 nitrogen and oxygen atoms in total. The molecular formula is C19H29ClN2O4. The summed E-state index contributed by atoms with van der Waals surface area (Å²) in [6, 6.07) is 6.54. The predicted octanol–water partition coefficient (Wildman–Crippen LogP) is 3.52. The van der Waals surface area contributed by atoms with Gasteiger partial charge in [0, 0.05) is 11.1 Å². The van der Waals surface area contributed by atoms with Gasteiger partial charge in [-0.25, -0.2) is 4.79 Å². The van der Waals surface area contributed by atoms with E-state index in [0.717, 1.165) is 5.56 Å². The maximum absolute atomic E-state index is 12.4. The summed E-state index contributed by atoms with van der Waals surface area (Å²) >= 11 is 5.85. The number of ether oxygens (including phenoxy) is 2. The van der Waals surface area contributed by atoms with Gasteiger partial charge in [0.2, 0.25) is 5.91 Å². The van der Waals surface area contributed by atoms with E-state index in [9.17, 15) is 9.59 Å². The standard InChI is InChI=1S/C19H29ClN2O4/c1-12(2)17(22-19(24)26-13(3)4)18(23)21-14(5)10-25-11-15-6-8-16(20)9-7-15/h6-9,12-14,17H,10-11H2,1-5H3,(H,21,23)(H,22,24)/t14?,17-/m0/s1. The number of benzene rings is 1. The molecule has 0 radical (unpaired) electrons. The Kier molecular flexibility index (Phi) is 9.44. The third kappa shape index (κ3) is 8.54. The molecule has 0 aliphatic rings. The molecule has 1 rings (SSSR count). The Balaban J connectivity index is 2.43. The highest BCUT2D eigenvalue weighted by molar-refractivity contribution is 6.30. The molecule has 0 heterocycles. The molecular weight excluding hydrogens is 356 g/mol. The van der Waals surface area contributed by atoms with Gasteiger partial charge in [-0.15, -0.1) is 0 Å². The number of amides is 2. The molecule has 0 aliphatic heterocycles. The number of carbonyl (C=O) groups excluding carboxylic acids is 2. The van der Waals surface area contributed by atoms with Crippen LogP contribution < -0.4 is 10.6 Å². The number of halogens is 1. The Hall–Kier alpha value is -1.79. The summed E-state index contributed by atoms with van der Waals surface area (Å²) in [4.78, 5) is 24.2. The molecule has 2 amide bonds. The molecule has 0 saturated carbocycles. The van der Waals surface area contributed by atoms with Gasteiger partial charge in [0.1, 0.15) is 6.04 Å². The summed E-state index contributed by atoms with van der Waals surface area (Å²) in [5.41, 5.74) is 1.01. The average molecular weight is 385 g/mol. The topological polar surface area (TPSA) is 76.7 Å². The molecule has 0 aromatic heterocycles. The average Bonchev–Trinajstić information content (AvgIpc) is 2.53. The zero-order valence-electron chi connectivity index (χ0n) is 16.0. The highest BCUT2D eigenvalue weighted by atomic mass is 35.5. The van der Waals surface area contributed by atoms with Crippen LogP contribution in [0.2, 0.25) is 5.02 Å². The smallest absolute Gasteiger partial charge is 0.408 e. The van der Waals surface area contributed by atoms with Crippen LogP contribution in [0.5, 0.6) is 0 Å². The van der Waals surface area contributed by atoms with Crippen molar-refractivity contribution in [3.05, 3.63) is 34.9 Å². The lowest BCUT2D eigenvalue weighted by molar-refractivity contribution is -0.125. The molecule has 0 saturated heterocycles. The highest BCUT2D eigenvalue weighted by Crippen LogP contribution is 2.10. The van der Waals surface area contributed by atoms with E-state index in [-0.39, 0.29) is 24.0 Å². The van der Waals surface area contributed by atoms with Crippen LogP contribution in [0.15, 0.2) is 24.3 Å². The lowest BCUT2D eigenvalue weighted by Gasteiger charge is -2.24. The summed E-state index contributed by atoms with van der Waals surface area (Å²) in [7, 11) is 0. The van der Waals surface area contributed by atoms with Gasteiger partial charge < -0.3 is 20.1 Å². The largest absolute Gasteiger partial charge is 0.447 e. The van der Waals surface area contributed by atoms with E-state index in [1.54, 1.807) is 26.0 Å². The third-order valence-electron chi connectivity index (χ3n) is 3.50. The van der Waals surface area contributed by atoms with Crippen molar-refractivity contribution in [1.82, 2.24) is 10.6 Å². The van der Waals surface area contributed by atoms with Gasteiger partial charge in [-0.05, 0) is 44.4 Å². The van der Waals surface area contributed by atoms with E-state index in [0.29, 0.717) is 18.2 Å². The maximum Gasteiger partial charge on any atom is 0.408 e. The quantitative estimate of drug-likeness (QED) is 0.682. The Morgan fingerprint density at radius 2 is 1.65 bits per heavy atom. The number of alkyl carbamates (subject to hydrolysis) is 1. The van der Waals surface area contributed by atoms with Gasteiger partial charge in [0.05, 0.1) is 19.3 Å². The van der Waals surface area contributed by atoms with Crippen LogP contribution in [0.4, 0.5) is 4.79 Å². The van der Waals surface area contributed by atoms with Gasteiger partial charge in [-0.3, -0.25) is 4.79 Å². The van der Waals surface area contributed by atoms with Crippen LogP contribution in [0.1, 0.15) is 40.2 Å².